The first-order chi connectivity index (χ1) is 16.0. The minimum absolute atomic E-state index is 0.0241. The van der Waals surface area contributed by atoms with Gasteiger partial charge in [-0.3, -0.25) is 9.59 Å². The maximum atomic E-state index is 13.1. The van der Waals surface area contributed by atoms with E-state index in [4.69, 9.17) is 18.6 Å². The summed E-state index contributed by atoms with van der Waals surface area (Å²) in [6, 6.07) is 14.2. The summed E-state index contributed by atoms with van der Waals surface area (Å²) in [6.07, 6.45) is 1.49. The molecule has 4 rings (SSSR count). The maximum Gasteiger partial charge on any atom is 0.296 e. The van der Waals surface area contributed by atoms with Crippen LogP contribution >= 0.6 is 0 Å². The molecular formula is C25H23NO7. The number of hydrogen-bond acceptors (Lipinski definition) is 7. The predicted molar refractivity (Wildman–Crippen MR) is 119 cm³/mol. The van der Waals surface area contributed by atoms with Crippen molar-refractivity contribution in [2.75, 3.05) is 21.3 Å². The lowest BCUT2D eigenvalue weighted by Crippen LogP contribution is -2.29. The average Bonchev–Trinajstić information content (AvgIpc) is 3.45. The van der Waals surface area contributed by atoms with E-state index < -0.39 is 17.7 Å². The van der Waals surface area contributed by atoms with Crippen LogP contribution in [0.4, 0.5) is 0 Å². The highest BCUT2D eigenvalue weighted by molar-refractivity contribution is 6.46. The van der Waals surface area contributed by atoms with E-state index in [-0.39, 0.29) is 17.9 Å². The second kappa shape index (κ2) is 9.12. The van der Waals surface area contributed by atoms with E-state index in [9.17, 15) is 14.7 Å². The SMILES string of the molecule is COc1ccc(/C(O)=C2\C(=O)C(=O)N(Cc3ccco3)C2c2ccc(OC)c(OC)c2)cc1. The molecule has 0 radical (unpaired) electrons. The van der Waals surface area contributed by atoms with Crippen LogP contribution in [0.5, 0.6) is 17.2 Å². The van der Waals surface area contributed by atoms with E-state index in [2.05, 4.69) is 0 Å². The molecule has 1 amide bonds. The number of benzene rings is 2. The number of aliphatic hydroxyl groups is 1. The molecule has 170 valence electrons. The lowest BCUT2D eigenvalue weighted by molar-refractivity contribution is -0.140. The van der Waals surface area contributed by atoms with Gasteiger partial charge in [0.05, 0.1) is 45.8 Å². The second-order valence-corrected chi connectivity index (χ2v) is 7.35. The van der Waals surface area contributed by atoms with Gasteiger partial charge >= 0.3 is 0 Å². The van der Waals surface area contributed by atoms with E-state index in [0.717, 1.165) is 0 Å². The zero-order valence-corrected chi connectivity index (χ0v) is 18.4. The number of Topliss-reactive ketones (excluding diaryl/α,β-unsaturated/α-hetero) is 1. The first kappa shape index (κ1) is 22.0. The number of nitrogens with zero attached hydrogens (tertiary/aromatic N) is 1. The summed E-state index contributed by atoms with van der Waals surface area (Å²) >= 11 is 0. The molecule has 0 bridgehead atoms. The minimum atomic E-state index is -0.864. The number of ketones is 1. The number of ether oxygens (including phenoxy) is 3. The number of aliphatic hydroxyl groups excluding tert-OH is 1. The van der Waals surface area contributed by atoms with Gasteiger partial charge in [-0.1, -0.05) is 6.07 Å². The standard InChI is InChI=1S/C25H23NO7/c1-30-17-9-6-15(7-10-17)23(27)21-22(16-8-11-19(31-2)20(13-16)32-3)26(25(29)24(21)28)14-18-5-4-12-33-18/h4-13,22,27H,14H2,1-3H3/b23-21+. The topological polar surface area (TPSA) is 98.4 Å². The number of rotatable bonds is 7. The van der Waals surface area contributed by atoms with E-state index in [1.54, 1.807) is 54.6 Å². The monoisotopic (exact) mass is 449 g/mol. The summed E-state index contributed by atoms with van der Waals surface area (Å²) in [4.78, 5) is 27.5. The van der Waals surface area contributed by atoms with E-state index in [0.29, 0.717) is 34.1 Å². The van der Waals surface area contributed by atoms with Crippen molar-refractivity contribution in [3.05, 3.63) is 83.3 Å². The molecule has 1 saturated heterocycles. The molecular weight excluding hydrogens is 426 g/mol. The normalized spacial score (nSPS) is 17.3. The Balaban J connectivity index is 1.87. The molecule has 0 spiro atoms. The molecule has 2 aromatic carbocycles. The van der Waals surface area contributed by atoms with Crippen molar-refractivity contribution in [1.82, 2.24) is 4.90 Å². The van der Waals surface area contributed by atoms with Crippen LogP contribution in [0.2, 0.25) is 0 Å². The summed E-state index contributed by atoms with van der Waals surface area (Å²) < 4.78 is 21.3. The fourth-order valence-electron chi connectivity index (χ4n) is 3.89. The average molecular weight is 449 g/mol. The van der Waals surface area contributed by atoms with Gasteiger partial charge in [0.1, 0.15) is 17.3 Å². The second-order valence-electron chi connectivity index (χ2n) is 7.35. The molecule has 1 aliphatic rings. The predicted octanol–water partition coefficient (Wildman–Crippen LogP) is 3.93. The van der Waals surface area contributed by atoms with Gasteiger partial charge in [-0.15, -0.1) is 0 Å². The molecule has 0 aliphatic carbocycles. The van der Waals surface area contributed by atoms with Crippen molar-refractivity contribution in [3.63, 3.8) is 0 Å². The molecule has 1 N–H and O–H groups in total. The Kier molecular flexibility index (Phi) is 6.08. The molecule has 1 aromatic heterocycles. The highest BCUT2D eigenvalue weighted by Crippen LogP contribution is 2.42. The number of hydrogen-bond donors (Lipinski definition) is 1. The summed E-state index contributed by atoms with van der Waals surface area (Å²) in [5.74, 6) is 0.240. The molecule has 1 fully saturated rings. The number of carbonyl (C=O) groups excluding carboxylic acids is 2. The Labute approximate surface area is 190 Å². The number of furan rings is 1. The number of methoxy groups -OCH3 is 3. The van der Waals surface area contributed by atoms with Gasteiger partial charge in [0.2, 0.25) is 0 Å². The smallest absolute Gasteiger partial charge is 0.296 e. The van der Waals surface area contributed by atoms with Gasteiger partial charge < -0.3 is 28.6 Å². The van der Waals surface area contributed by atoms with Gasteiger partial charge in [-0.05, 0) is 54.1 Å². The fourth-order valence-corrected chi connectivity index (χ4v) is 3.89. The van der Waals surface area contributed by atoms with Gasteiger partial charge in [-0.25, -0.2) is 0 Å². The third kappa shape index (κ3) is 4.03. The molecule has 33 heavy (non-hydrogen) atoms. The molecule has 1 atom stereocenters. The van der Waals surface area contributed by atoms with E-state index in [1.165, 1.54) is 32.5 Å². The van der Waals surface area contributed by atoms with Gasteiger partial charge in [0.15, 0.2) is 11.5 Å². The summed E-state index contributed by atoms with van der Waals surface area (Å²) in [5.41, 5.74) is 0.940. The van der Waals surface area contributed by atoms with E-state index >= 15 is 0 Å². The Hall–Kier alpha value is -4.20. The number of likely N-dealkylation sites (tertiary alicyclic amines) is 1. The van der Waals surface area contributed by atoms with Gasteiger partial charge in [0, 0.05) is 5.56 Å². The quantitative estimate of drug-likeness (QED) is 0.332. The van der Waals surface area contributed by atoms with Crippen LogP contribution in [0.1, 0.15) is 22.9 Å². The zero-order chi connectivity index (χ0) is 23.5. The molecule has 2 heterocycles. The van der Waals surface area contributed by atoms with Crippen LogP contribution in [0.15, 0.2) is 70.9 Å². The van der Waals surface area contributed by atoms with E-state index in [1.807, 2.05) is 0 Å². The molecule has 8 nitrogen and oxygen atoms in total. The third-order valence-electron chi connectivity index (χ3n) is 5.53. The first-order valence-electron chi connectivity index (χ1n) is 10.2. The van der Waals surface area contributed by atoms with Crippen molar-refractivity contribution in [1.29, 1.82) is 0 Å². The molecule has 1 aliphatic heterocycles. The summed E-state index contributed by atoms with van der Waals surface area (Å²) in [5, 5.41) is 11.1. The van der Waals surface area contributed by atoms with Crippen LogP contribution in [0.3, 0.4) is 0 Å². The Morgan fingerprint density at radius 3 is 2.30 bits per heavy atom. The van der Waals surface area contributed by atoms with Crippen LogP contribution in [-0.2, 0) is 16.1 Å². The van der Waals surface area contributed by atoms with Crippen LogP contribution in [0.25, 0.3) is 5.76 Å². The largest absolute Gasteiger partial charge is 0.507 e. The van der Waals surface area contributed by atoms with Crippen LogP contribution < -0.4 is 14.2 Å². The van der Waals surface area contributed by atoms with Crippen molar-refractivity contribution in [3.8, 4) is 17.2 Å². The first-order valence-corrected chi connectivity index (χ1v) is 10.2. The lowest BCUT2D eigenvalue weighted by atomic mass is 9.95. The molecule has 0 saturated carbocycles. The zero-order valence-electron chi connectivity index (χ0n) is 18.4. The Morgan fingerprint density at radius 2 is 1.70 bits per heavy atom. The summed E-state index contributed by atoms with van der Waals surface area (Å²) in [7, 11) is 4.55. The fraction of sp³-hybridized carbons (Fsp3) is 0.200. The molecule has 3 aromatic rings. The van der Waals surface area contributed by atoms with Gasteiger partial charge in [0.25, 0.3) is 11.7 Å². The maximum absolute atomic E-state index is 13.1. The number of amides is 1. The van der Waals surface area contributed by atoms with Crippen molar-refractivity contribution in [2.45, 2.75) is 12.6 Å². The van der Waals surface area contributed by atoms with Crippen molar-refractivity contribution >= 4 is 17.4 Å². The molecule has 1 unspecified atom stereocenters. The van der Waals surface area contributed by atoms with Crippen LogP contribution in [0, 0.1) is 0 Å². The highest BCUT2D eigenvalue weighted by Gasteiger charge is 2.46. The minimum Gasteiger partial charge on any atom is -0.507 e. The molecule has 8 heteroatoms. The van der Waals surface area contributed by atoms with Crippen molar-refractivity contribution in [2.24, 2.45) is 0 Å². The van der Waals surface area contributed by atoms with Crippen LogP contribution in [-0.4, -0.2) is 43.0 Å². The third-order valence-corrected chi connectivity index (χ3v) is 5.53. The summed E-state index contributed by atoms with van der Waals surface area (Å²) in [6.45, 7) is 0.0516. The Morgan fingerprint density at radius 1 is 0.970 bits per heavy atom. The van der Waals surface area contributed by atoms with Gasteiger partial charge in [-0.2, -0.15) is 0 Å². The van der Waals surface area contributed by atoms with Crippen molar-refractivity contribution < 1.29 is 33.3 Å². The highest BCUT2D eigenvalue weighted by atomic mass is 16.5. The lowest BCUT2D eigenvalue weighted by Gasteiger charge is -2.25. The Bertz CT molecular complexity index is 1200. The number of carbonyl (C=O) groups is 2.